The number of hydrogen-bond donors (Lipinski definition) is 1. The molecule has 0 aliphatic rings. The number of nitrogens with zero attached hydrogens (tertiary/aromatic N) is 1. The molecule has 1 heterocycles. The van der Waals surface area contributed by atoms with Crippen molar-refractivity contribution in [2.45, 2.75) is 25.3 Å². The lowest BCUT2D eigenvalue weighted by Gasteiger charge is -2.07. The summed E-state index contributed by atoms with van der Waals surface area (Å²) in [6, 6.07) is 4.72. The first-order chi connectivity index (χ1) is 8.91. The molecular weight excluding hydrogens is 286 g/mol. The number of benzene rings is 1. The largest absolute Gasteiger partial charge is 0.392 e. The number of halogens is 1. The number of rotatable bonds is 2. The van der Waals surface area contributed by atoms with Crippen molar-refractivity contribution in [3.05, 3.63) is 35.0 Å². The van der Waals surface area contributed by atoms with Crippen LogP contribution in [0.25, 0.3) is 10.9 Å². The first kappa shape index (κ1) is 15.9. The Balaban J connectivity index is 0.000000861. The number of sulfone groups is 1. The Morgan fingerprint density at radius 3 is 2.42 bits per heavy atom. The fraction of sp³-hybridized carbons (Fsp3) is 0.308. The molecule has 0 radical (unpaired) electrons. The maximum atomic E-state index is 11.6. The van der Waals surface area contributed by atoms with E-state index in [9.17, 15) is 8.42 Å². The Morgan fingerprint density at radius 1 is 1.26 bits per heavy atom. The fourth-order valence-corrected chi connectivity index (χ4v) is 2.68. The molecule has 0 amide bonds. The number of pyridine rings is 1. The second-order valence-electron chi connectivity index (χ2n) is 3.75. The highest BCUT2D eigenvalue weighted by Crippen LogP contribution is 2.25. The smallest absolute Gasteiger partial charge is 0.177 e. The topological polar surface area (TPSA) is 67.3 Å². The van der Waals surface area contributed by atoms with Gasteiger partial charge in [0.2, 0.25) is 0 Å². The van der Waals surface area contributed by atoms with Gasteiger partial charge in [0, 0.05) is 17.8 Å². The monoisotopic (exact) mass is 301 g/mol. The Kier molecular flexibility index (Phi) is 5.29. The molecule has 4 nitrogen and oxygen atoms in total. The quantitative estimate of drug-likeness (QED) is 0.926. The van der Waals surface area contributed by atoms with Gasteiger partial charge in [-0.05, 0) is 23.8 Å². The standard InChI is InChI=1S/C11H10ClNO3S.C2H6/c1-17(15,16)10-3-7(6-14)2-8-4-9(12)5-13-11(8)10;1-2/h2-5,14H,6H2,1H3;1-2H3. The van der Waals surface area contributed by atoms with Crippen LogP contribution < -0.4 is 0 Å². The lowest BCUT2D eigenvalue weighted by atomic mass is 10.1. The van der Waals surface area contributed by atoms with Gasteiger partial charge in [0.15, 0.2) is 9.84 Å². The summed E-state index contributed by atoms with van der Waals surface area (Å²) in [4.78, 5) is 4.14. The Labute approximate surface area is 118 Å². The number of aromatic nitrogens is 1. The summed E-state index contributed by atoms with van der Waals surface area (Å²) in [5, 5.41) is 10.1. The molecule has 1 aromatic carbocycles. The average molecular weight is 302 g/mol. The van der Waals surface area contributed by atoms with Crippen LogP contribution in [0.15, 0.2) is 29.3 Å². The number of hydrogen-bond acceptors (Lipinski definition) is 4. The normalized spacial score (nSPS) is 11.0. The molecule has 0 atom stereocenters. The van der Waals surface area contributed by atoms with Crippen LogP contribution in [0.4, 0.5) is 0 Å². The van der Waals surface area contributed by atoms with E-state index in [-0.39, 0.29) is 11.5 Å². The van der Waals surface area contributed by atoms with Crippen molar-refractivity contribution >= 4 is 32.3 Å². The molecule has 6 heteroatoms. The lowest BCUT2D eigenvalue weighted by molar-refractivity contribution is 0.281. The van der Waals surface area contributed by atoms with E-state index in [1.54, 1.807) is 12.1 Å². The first-order valence-electron chi connectivity index (χ1n) is 5.81. The van der Waals surface area contributed by atoms with Crippen molar-refractivity contribution in [3.8, 4) is 0 Å². The summed E-state index contributed by atoms with van der Waals surface area (Å²) >= 11 is 5.81. The van der Waals surface area contributed by atoms with E-state index in [2.05, 4.69) is 4.98 Å². The molecule has 1 N–H and O–H groups in total. The molecule has 2 rings (SSSR count). The van der Waals surface area contributed by atoms with Gasteiger partial charge in [0.05, 0.1) is 22.0 Å². The van der Waals surface area contributed by atoms with E-state index in [1.165, 1.54) is 12.3 Å². The van der Waals surface area contributed by atoms with Gasteiger partial charge in [-0.2, -0.15) is 0 Å². The van der Waals surface area contributed by atoms with Crippen molar-refractivity contribution in [1.29, 1.82) is 0 Å². The van der Waals surface area contributed by atoms with Gasteiger partial charge in [0.1, 0.15) is 0 Å². The summed E-state index contributed by atoms with van der Waals surface area (Å²) in [5.74, 6) is 0. The molecule has 19 heavy (non-hydrogen) atoms. The van der Waals surface area contributed by atoms with E-state index in [4.69, 9.17) is 16.7 Å². The third-order valence-corrected chi connectivity index (χ3v) is 3.67. The molecule has 2 aromatic rings. The van der Waals surface area contributed by atoms with E-state index in [0.29, 0.717) is 21.5 Å². The Bertz CT molecular complexity index is 684. The summed E-state index contributed by atoms with van der Waals surface area (Å²) in [6.07, 6.45) is 2.51. The minimum Gasteiger partial charge on any atom is -0.392 e. The zero-order valence-electron chi connectivity index (χ0n) is 11.0. The molecule has 0 bridgehead atoms. The first-order valence-corrected chi connectivity index (χ1v) is 8.08. The van der Waals surface area contributed by atoms with Crippen LogP contribution in [-0.4, -0.2) is 24.8 Å². The Hall–Kier alpha value is -1.17. The Morgan fingerprint density at radius 2 is 1.89 bits per heavy atom. The zero-order valence-corrected chi connectivity index (χ0v) is 12.6. The molecule has 0 saturated heterocycles. The molecule has 0 fully saturated rings. The van der Waals surface area contributed by atoms with Crippen LogP contribution in [0.5, 0.6) is 0 Å². The maximum Gasteiger partial charge on any atom is 0.177 e. The number of aliphatic hydroxyl groups is 1. The van der Waals surface area contributed by atoms with Crippen molar-refractivity contribution in [3.63, 3.8) is 0 Å². The van der Waals surface area contributed by atoms with Crippen molar-refractivity contribution in [1.82, 2.24) is 4.98 Å². The van der Waals surface area contributed by atoms with E-state index >= 15 is 0 Å². The molecule has 1 aromatic heterocycles. The molecule has 0 spiro atoms. The second-order valence-corrected chi connectivity index (χ2v) is 6.17. The van der Waals surface area contributed by atoms with Crippen molar-refractivity contribution in [2.24, 2.45) is 0 Å². The highest BCUT2D eigenvalue weighted by Gasteiger charge is 2.14. The van der Waals surface area contributed by atoms with Gasteiger partial charge in [-0.3, -0.25) is 4.98 Å². The van der Waals surface area contributed by atoms with Gasteiger partial charge >= 0.3 is 0 Å². The van der Waals surface area contributed by atoms with E-state index in [1.807, 2.05) is 13.8 Å². The predicted molar refractivity (Wildman–Crippen MR) is 77.1 cm³/mol. The van der Waals surface area contributed by atoms with Crippen LogP contribution in [-0.2, 0) is 16.4 Å². The molecule has 104 valence electrons. The zero-order chi connectivity index (χ0) is 14.6. The predicted octanol–water partition coefficient (Wildman–Crippen LogP) is 2.81. The van der Waals surface area contributed by atoms with Crippen LogP contribution in [0, 0.1) is 0 Å². The highest BCUT2D eigenvalue weighted by molar-refractivity contribution is 7.91. The van der Waals surface area contributed by atoms with E-state index in [0.717, 1.165) is 6.26 Å². The fourth-order valence-electron chi connectivity index (χ4n) is 1.62. The maximum absolute atomic E-state index is 11.6. The van der Waals surface area contributed by atoms with Gasteiger partial charge in [0.25, 0.3) is 0 Å². The van der Waals surface area contributed by atoms with Crippen LogP contribution in [0.3, 0.4) is 0 Å². The molecule has 0 unspecified atom stereocenters. The minimum absolute atomic E-state index is 0.107. The average Bonchev–Trinajstić information content (AvgIpc) is 2.38. The summed E-state index contributed by atoms with van der Waals surface area (Å²) < 4.78 is 23.3. The summed E-state index contributed by atoms with van der Waals surface area (Å²) in [7, 11) is -3.39. The van der Waals surface area contributed by atoms with Crippen molar-refractivity contribution < 1.29 is 13.5 Å². The van der Waals surface area contributed by atoms with Gasteiger partial charge < -0.3 is 5.11 Å². The molecular formula is C13H16ClNO3S. The van der Waals surface area contributed by atoms with Crippen LogP contribution in [0.2, 0.25) is 5.02 Å². The van der Waals surface area contributed by atoms with Gasteiger partial charge in [-0.1, -0.05) is 25.4 Å². The van der Waals surface area contributed by atoms with Crippen LogP contribution in [0.1, 0.15) is 19.4 Å². The van der Waals surface area contributed by atoms with Gasteiger partial charge in [-0.15, -0.1) is 0 Å². The number of fused-ring (bicyclic) bond motifs is 1. The summed E-state index contributed by atoms with van der Waals surface area (Å²) in [6.45, 7) is 3.77. The second kappa shape index (κ2) is 6.32. The number of aliphatic hydroxyl groups excluding tert-OH is 1. The summed E-state index contributed by atoms with van der Waals surface area (Å²) in [5.41, 5.74) is 0.885. The van der Waals surface area contributed by atoms with Crippen LogP contribution >= 0.6 is 11.6 Å². The van der Waals surface area contributed by atoms with Gasteiger partial charge in [-0.25, -0.2) is 8.42 Å². The SMILES string of the molecule is CC.CS(=O)(=O)c1cc(CO)cc2cc(Cl)cnc12. The highest BCUT2D eigenvalue weighted by atomic mass is 35.5. The minimum atomic E-state index is -3.39. The van der Waals surface area contributed by atoms with Crippen molar-refractivity contribution in [2.75, 3.05) is 6.26 Å². The molecule has 0 aliphatic heterocycles. The third kappa shape index (κ3) is 3.65. The molecule has 0 aliphatic carbocycles. The van der Waals surface area contributed by atoms with E-state index < -0.39 is 9.84 Å². The molecule has 0 saturated carbocycles. The third-order valence-electron chi connectivity index (χ3n) is 2.36. The lowest BCUT2D eigenvalue weighted by Crippen LogP contribution is -2.01.